The van der Waals surface area contributed by atoms with Crippen LogP contribution < -0.4 is 10.6 Å². The summed E-state index contributed by atoms with van der Waals surface area (Å²) in [6, 6.07) is 1.67. The Morgan fingerprint density at radius 3 is 2.64 bits per heavy atom. The van der Waals surface area contributed by atoms with Gasteiger partial charge in [0.15, 0.2) is 6.61 Å². The zero-order valence-electron chi connectivity index (χ0n) is 12.0. The van der Waals surface area contributed by atoms with Gasteiger partial charge in [-0.05, 0) is 19.9 Å². The fourth-order valence-corrected chi connectivity index (χ4v) is 2.13. The number of nitrogens with one attached hydrogen (secondary N) is 2. The Morgan fingerprint density at radius 1 is 1.41 bits per heavy atom. The lowest BCUT2D eigenvalue weighted by Crippen LogP contribution is -2.46. The van der Waals surface area contributed by atoms with Gasteiger partial charge in [-0.1, -0.05) is 11.3 Å². The first-order chi connectivity index (χ1) is 10.3. The number of nitro groups is 1. The van der Waals surface area contributed by atoms with Crippen LogP contribution in [0.1, 0.15) is 23.5 Å². The van der Waals surface area contributed by atoms with E-state index in [1.165, 1.54) is 19.1 Å². The van der Waals surface area contributed by atoms with E-state index < -0.39 is 29.4 Å². The second kappa shape index (κ2) is 8.08. The van der Waals surface area contributed by atoms with Crippen molar-refractivity contribution in [2.24, 2.45) is 0 Å². The van der Waals surface area contributed by atoms with Gasteiger partial charge in [0.25, 0.3) is 5.91 Å². The van der Waals surface area contributed by atoms with E-state index in [0.29, 0.717) is 17.9 Å². The number of likely N-dealkylation sites (N-methyl/N-ethyl adjacent to an activating group) is 1. The number of ether oxygens (including phenoxy) is 1. The molecule has 0 saturated heterocycles. The van der Waals surface area contributed by atoms with Crippen LogP contribution in [0.3, 0.4) is 0 Å². The van der Waals surface area contributed by atoms with Gasteiger partial charge in [0.2, 0.25) is 5.91 Å². The number of thiophene rings is 1. The molecule has 0 bridgehead atoms. The number of hydrogen-bond donors (Lipinski definition) is 2. The standard InChI is InChI=1S/C12H15N3O6S/c1-3-13-11(17)7(2)14-9(16)6-21-12(18)8-4-5-10(22-8)15(19)20/h4-5,7H,3,6H2,1-2H3,(H,13,17)(H,14,16)/t7-/m1/s1. The fourth-order valence-electron chi connectivity index (χ4n) is 1.41. The van der Waals surface area contributed by atoms with Crippen LogP contribution in [-0.2, 0) is 14.3 Å². The minimum atomic E-state index is -0.834. The Labute approximate surface area is 129 Å². The molecule has 120 valence electrons. The van der Waals surface area contributed by atoms with Crippen LogP contribution in [0.4, 0.5) is 5.00 Å². The molecule has 1 atom stereocenters. The van der Waals surface area contributed by atoms with E-state index in [1.54, 1.807) is 6.92 Å². The largest absolute Gasteiger partial charge is 0.451 e. The summed E-state index contributed by atoms with van der Waals surface area (Å²) in [6.07, 6.45) is 0. The SMILES string of the molecule is CCNC(=O)[C@@H](C)NC(=O)COC(=O)c1ccc([N+](=O)[O-])s1. The van der Waals surface area contributed by atoms with E-state index in [2.05, 4.69) is 10.6 Å². The summed E-state index contributed by atoms with van der Waals surface area (Å²) in [5.41, 5.74) is 0. The topological polar surface area (TPSA) is 128 Å². The van der Waals surface area contributed by atoms with Crippen molar-refractivity contribution < 1.29 is 24.0 Å². The van der Waals surface area contributed by atoms with Crippen molar-refractivity contribution in [2.75, 3.05) is 13.2 Å². The quantitative estimate of drug-likeness (QED) is 0.425. The molecule has 0 fully saturated rings. The molecule has 1 aromatic rings. The molecule has 10 heteroatoms. The van der Waals surface area contributed by atoms with Gasteiger partial charge in [0.1, 0.15) is 10.9 Å². The Kier molecular flexibility index (Phi) is 6.45. The van der Waals surface area contributed by atoms with Crippen molar-refractivity contribution in [3.8, 4) is 0 Å². The number of esters is 1. The van der Waals surface area contributed by atoms with E-state index in [-0.39, 0.29) is 15.8 Å². The molecule has 2 N–H and O–H groups in total. The third-order valence-corrected chi connectivity index (χ3v) is 3.45. The monoisotopic (exact) mass is 329 g/mol. The summed E-state index contributed by atoms with van der Waals surface area (Å²) >= 11 is 0.657. The van der Waals surface area contributed by atoms with Crippen molar-refractivity contribution >= 4 is 34.1 Å². The van der Waals surface area contributed by atoms with Crippen LogP contribution in [0.2, 0.25) is 0 Å². The molecule has 0 aliphatic heterocycles. The highest BCUT2D eigenvalue weighted by atomic mass is 32.1. The number of amides is 2. The zero-order valence-corrected chi connectivity index (χ0v) is 12.8. The number of hydrogen-bond acceptors (Lipinski definition) is 7. The van der Waals surface area contributed by atoms with E-state index in [4.69, 9.17) is 4.74 Å². The van der Waals surface area contributed by atoms with Gasteiger partial charge in [-0.3, -0.25) is 19.7 Å². The molecular weight excluding hydrogens is 314 g/mol. The number of rotatable bonds is 7. The fraction of sp³-hybridized carbons (Fsp3) is 0.417. The van der Waals surface area contributed by atoms with Gasteiger partial charge in [-0.2, -0.15) is 0 Å². The molecule has 22 heavy (non-hydrogen) atoms. The van der Waals surface area contributed by atoms with Crippen molar-refractivity contribution in [1.29, 1.82) is 0 Å². The highest BCUT2D eigenvalue weighted by Crippen LogP contribution is 2.24. The van der Waals surface area contributed by atoms with Gasteiger partial charge >= 0.3 is 11.0 Å². The second-order valence-electron chi connectivity index (χ2n) is 4.15. The number of nitrogens with zero attached hydrogens (tertiary/aromatic N) is 1. The number of carbonyl (C=O) groups is 3. The van der Waals surface area contributed by atoms with Crippen LogP contribution in [0.15, 0.2) is 12.1 Å². The van der Waals surface area contributed by atoms with Crippen LogP contribution in [0.25, 0.3) is 0 Å². The summed E-state index contributed by atoms with van der Waals surface area (Å²) in [4.78, 5) is 44.5. The molecule has 0 spiro atoms. The molecule has 1 aromatic heterocycles. The molecule has 1 heterocycles. The van der Waals surface area contributed by atoms with E-state index in [0.717, 1.165) is 0 Å². The van der Waals surface area contributed by atoms with E-state index >= 15 is 0 Å². The summed E-state index contributed by atoms with van der Waals surface area (Å²) in [5.74, 6) is -1.83. The normalized spacial score (nSPS) is 11.4. The Hall–Kier alpha value is -2.49. The maximum absolute atomic E-state index is 11.6. The zero-order chi connectivity index (χ0) is 16.7. The lowest BCUT2D eigenvalue weighted by Gasteiger charge is -2.13. The van der Waals surface area contributed by atoms with Crippen LogP contribution in [-0.4, -0.2) is 41.9 Å². The average molecular weight is 329 g/mol. The summed E-state index contributed by atoms with van der Waals surface area (Å²) in [6.45, 7) is 3.10. The average Bonchev–Trinajstić information content (AvgIpc) is 2.95. The highest BCUT2D eigenvalue weighted by molar-refractivity contribution is 7.17. The Balaban J connectivity index is 2.44. The van der Waals surface area contributed by atoms with Crippen molar-refractivity contribution in [2.45, 2.75) is 19.9 Å². The predicted molar refractivity (Wildman–Crippen MR) is 77.5 cm³/mol. The molecule has 2 amide bonds. The van der Waals surface area contributed by atoms with Gasteiger partial charge in [-0.25, -0.2) is 4.79 Å². The maximum Gasteiger partial charge on any atom is 0.349 e. The van der Waals surface area contributed by atoms with Crippen molar-refractivity contribution in [3.63, 3.8) is 0 Å². The van der Waals surface area contributed by atoms with Crippen LogP contribution in [0, 0.1) is 10.1 Å². The third-order valence-electron chi connectivity index (χ3n) is 2.43. The highest BCUT2D eigenvalue weighted by Gasteiger charge is 2.19. The van der Waals surface area contributed by atoms with E-state index in [9.17, 15) is 24.5 Å². The minimum Gasteiger partial charge on any atom is -0.451 e. The van der Waals surface area contributed by atoms with Crippen LogP contribution in [0.5, 0.6) is 0 Å². The summed E-state index contributed by atoms with van der Waals surface area (Å²) < 4.78 is 4.73. The summed E-state index contributed by atoms with van der Waals surface area (Å²) in [7, 11) is 0. The molecule has 9 nitrogen and oxygen atoms in total. The van der Waals surface area contributed by atoms with Gasteiger partial charge in [0, 0.05) is 12.6 Å². The molecule has 0 aromatic carbocycles. The first-order valence-electron chi connectivity index (χ1n) is 6.33. The molecule has 0 aliphatic carbocycles. The lowest BCUT2D eigenvalue weighted by atomic mass is 10.3. The van der Waals surface area contributed by atoms with Gasteiger partial charge < -0.3 is 15.4 Å². The molecule has 1 rings (SSSR count). The van der Waals surface area contributed by atoms with Gasteiger partial charge in [0.05, 0.1) is 4.92 Å². The second-order valence-corrected chi connectivity index (χ2v) is 5.22. The molecule has 0 radical (unpaired) electrons. The van der Waals surface area contributed by atoms with Gasteiger partial charge in [-0.15, -0.1) is 0 Å². The molecule has 0 saturated carbocycles. The Morgan fingerprint density at radius 2 is 2.09 bits per heavy atom. The Bertz CT molecular complexity index is 585. The van der Waals surface area contributed by atoms with Crippen molar-refractivity contribution in [1.82, 2.24) is 10.6 Å². The molecule has 0 aliphatic rings. The minimum absolute atomic E-state index is 0.0243. The molecule has 0 unspecified atom stereocenters. The smallest absolute Gasteiger partial charge is 0.349 e. The lowest BCUT2D eigenvalue weighted by molar-refractivity contribution is -0.380. The third kappa shape index (κ3) is 5.13. The first-order valence-corrected chi connectivity index (χ1v) is 7.15. The maximum atomic E-state index is 11.6. The van der Waals surface area contributed by atoms with E-state index in [1.807, 2.05) is 0 Å². The predicted octanol–water partition coefficient (Wildman–Crippen LogP) is 0.454. The molecular formula is C12H15N3O6S. The van der Waals surface area contributed by atoms with Crippen molar-refractivity contribution in [3.05, 3.63) is 27.1 Å². The summed E-state index contributed by atoms with van der Waals surface area (Å²) in [5, 5.41) is 15.2. The first kappa shape index (κ1) is 17.6. The number of carbonyl (C=O) groups excluding carboxylic acids is 3. The van der Waals surface area contributed by atoms with Crippen LogP contribution >= 0.6 is 11.3 Å².